The highest BCUT2D eigenvalue weighted by Crippen LogP contribution is 2.37. The molecule has 0 spiro atoms. The molecule has 1 aromatic rings. The Balaban J connectivity index is 1.71. The molecule has 0 unspecified atom stereocenters. The fourth-order valence-corrected chi connectivity index (χ4v) is 2.44. The summed E-state index contributed by atoms with van der Waals surface area (Å²) in [6, 6.07) is 0. The molecule has 0 fully saturated rings. The molecule has 1 aliphatic heterocycles. The first kappa shape index (κ1) is 16.0. The van der Waals surface area contributed by atoms with Gasteiger partial charge in [0, 0.05) is 25.7 Å². The molecule has 0 bridgehead atoms. The Morgan fingerprint density at radius 2 is 2.14 bits per heavy atom. The first-order chi connectivity index (χ1) is 10.6. The second-order valence-electron chi connectivity index (χ2n) is 4.66. The Morgan fingerprint density at radius 1 is 1.36 bits per heavy atom. The number of aromatic nitrogens is 2. The van der Waals surface area contributed by atoms with Crippen molar-refractivity contribution in [3.8, 4) is 12.3 Å². The third kappa shape index (κ3) is 4.33. The summed E-state index contributed by atoms with van der Waals surface area (Å²) in [5.74, 6) is 1.87. The van der Waals surface area contributed by atoms with Crippen molar-refractivity contribution in [3.63, 3.8) is 0 Å². The van der Waals surface area contributed by atoms with Crippen LogP contribution < -0.4 is 5.32 Å². The molecule has 2 heterocycles. The third-order valence-electron chi connectivity index (χ3n) is 3.07. The van der Waals surface area contributed by atoms with Crippen molar-refractivity contribution < 1.29 is 14.3 Å². The van der Waals surface area contributed by atoms with Gasteiger partial charge in [-0.15, -0.1) is 22.5 Å². The third-order valence-corrected chi connectivity index (χ3v) is 3.97. The molecule has 1 amide bonds. The predicted octanol–water partition coefficient (Wildman–Crippen LogP) is 1.30. The van der Waals surface area contributed by atoms with Gasteiger partial charge in [0.25, 0.3) is 0 Å². The largest absolute Gasteiger partial charge is 0.464 e. The van der Waals surface area contributed by atoms with Gasteiger partial charge in [0.2, 0.25) is 10.9 Å². The number of methoxy groups -OCH3 is 1. The average molecular weight is 321 g/mol. The van der Waals surface area contributed by atoms with Gasteiger partial charge in [-0.25, -0.2) is 4.79 Å². The number of carbonyl (C=O) groups excluding carboxylic acids is 2. The van der Waals surface area contributed by atoms with E-state index in [9.17, 15) is 9.59 Å². The molecule has 1 N–H and O–H groups in total. The van der Waals surface area contributed by atoms with Crippen LogP contribution in [0.4, 0.5) is 0 Å². The van der Waals surface area contributed by atoms with Crippen LogP contribution in [0.2, 0.25) is 0 Å². The molecule has 22 heavy (non-hydrogen) atoms. The summed E-state index contributed by atoms with van der Waals surface area (Å²) in [6.45, 7) is 0.221. The van der Waals surface area contributed by atoms with E-state index in [0.29, 0.717) is 30.7 Å². The highest BCUT2D eigenvalue weighted by Gasteiger charge is 2.39. The van der Waals surface area contributed by atoms with Crippen molar-refractivity contribution in [2.24, 2.45) is 10.2 Å². The summed E-state index contributed by atoms with van der Waals surface area (Å²) in [6.07, 6.45) is 7.33. The van der Waals surface area contributed by atoms with Gasteiger partial charge in [-0.05, 0) is 0 Å². The Bertz CT molecular complexity index is 628. The van der Waals surface area contributed by atoms with Crippen molar-refractivity contribution >= 4 is 23.2 Å². The lowest BCUT2D eigenvalue weighted by Gasteiger charge is -2.08. The van der Waals surface area contributed by atoms with E-state index < -0.39 is 11.6 Å². The summed E-state index contributed by atoms with van der Waals surface area (Å²) < 4.78 is 4.54. The number of hydrogen-bond acceptors (Lipinski definition) is 8. The maximum atomic E-state index is 11.8. The van der Waals surface area contributed by atoms with Gasteiger partial charge >= 0.3 is 5.97 Å². The lowest BCUT2D eigenvalue weighted by atomic mass is 10.0. The number of amides is 1. The highest BCUT2D eigenvalue weighted by atomic mass is 32.1. The van der Waals surface area contributed by atoms with E-state index in [1.807, 2.05) is 0 Å². The van der Waals surface area contributed by atoms with E-state index in [-0.39, 0.29) is 17.5 Å². The van der Waals surface area contributed by atoms with Crippen LogP contribution in [0.3, 0.4) is 0 Å². The predicted molar refractivity (Wildman–Crippen MR) is 78.0 cm³/mol. The standard InChI is InChI=1S/C13H15N5O3S/c1-3-4-6-13(17-18-13)7-5-9(19)14-8-10-15-16-11(22-10)12(20)21-2/h1H,4-8H2,2H3,(H,14,19). The van der Waals surface area contributed by atoms with Gasteiger partial charge in [0.1, 0.15) is 5.01 Å². The summed E-state index contributed by atoms with van der Waals surface area (Å²) in [4.78, 5) is 23.0. The smallest absolute Gasteiger partial charge is 0.369 e. The minimum absolute atomic E-state index is 0.132. The number of nitrogens with zero attached hydrogens (tertiary/aromatic N) is 4. The van der Waals surface area contributed by atoms with Gasteiger partial charge < -0.3 is 10.1 Å². The van der Waals surface area contributed by atoms with Crippen molar-refractivity contribution in [1.82, 2.24) is 15.5 Å². The van der Waals surface area contributed by atoms with Gasteiger partial charge in [-0.2, -0.15) is 10.2 Å². The quantitative estimate of drug-likeness (QED) is 0.574. The van der Waals surface area contributed by atoms with Crippen LogP contribution in [0.15, 0.2) is 10.2 Å². The molecule has 8 nitrogen and oxygen atoms in total. The van der Waals surface area contributed by atoms with E-state index in [4.69, 9.17) is 6.42 Å². The van der Waals surface area contributed by atoms with Crippen molar-refractivity contribution in [1.29, 1.82) is 0 Å². The van der Waals surface area contributed by atoms with E-state index in [1.54, 1.807) is 0 Å². The van der Waals surface area contributed by atoms with Crippen molar-refractivity contribution in [2.45, 2.75) is 37.9 Å². The number of carbonyl (C=O) groups is 2. The summed E-state index contributed by atoms with van der Waals surface area (Å²) in [7, 11) is 1.27. The molecular weight excluding hydrogens is 306 g/mol. The van der Waals surface area contributed by atoms with Crippen molar-refractivity contribution in [2.75, 3.05) is 7.11 Å². The van der Waals surface area contributed by atoms with Crippen LogP contribution >= 0.6 is 11.3 Å². The van der Waals surface area contributed by atoms with Gasteiger partial charge in [0.05, 0.1) is 13.7 Å². The fourth-order valence-electron chi connectivity index (χ4n) is 1.74. The molecule has 0 saturated carbocycles. The maximum absolute atomic E-state index is 11.8. The minimum atomic E-state index is -0.539. The summed E-state index contributed by atoms with van der Waals surface area (Å²) >= 11 is 1.08. The Labute approximate surface area is 131 Å². The number of hydrogen-bond donors (Lipinski definition) is 1. The van der Waals surface area contributed by atoms with Gasteiger partial charge in [-0.3, -0.25) is 4.79 Å². The minimum Gasteiger partial charge on any atom is -0.464 e. The van der Waals surface area contributed by atoms with Crippen LogP contribution in [-0.2, 0) is 16.1 Å². The van der Waals surface area contributed by atoms with Gasteiger partial charge in [0.15, 0.2) is 5.66 Å². The zero-order valence-corrected chi connectivity index (χ0v) is 12.9. The number of ether oxygens (including phenoxy) is 1. The molecule has 1 aliphatic rings. The highest BCUT2D eigenvalue weighted by molar-refractivity contribution is 7.13. The summed E-state index contributed by atoms with van der Waals surface area (Å²) in [5.41, 5.74) is -0.454. The number of rotatable bonds is 8. The lowest BCUT2D eigenvalue weighted by Crippen LogP contribution is -2.24. The Kier molecular flexibility index (Phi) is 5.16. The first-order valence-electron chi connectivity index (χ1n) is 6.63. The Morgan fingerprint density at radius 3 is 2.77 bits per heavy atom. The molecule has 2 rings (SSSR count). The van der Waals surface area contributed by atoms with E-state index >= 15 is 0 Å². The second kappa shape index (κ2) is 7.09. The first-order valence-corrected chi connectivity index (χ1v) is 7.45. The lowest BCUT2D eigenvalue weighted by molar-refractivity contribution is -0.121. The van der Waals surface area contributed by atoms with Crippen molar-refractivity contribution in [3.05, 3.63) is 10.0 Å². The monoisotopic (exact) mass is 321 g/mol. The SMILES string of the molecule is C#CCCC1(CCC(=O)NCc2nnc(C(=O)OC)s2)N=N1. The molecule has 0 radical (unpaired) electrons. The second-order valence-corrected chi connectivity index (χ2v) is 5.72. The zero-order valence-electron chi connectivity index (χ0n) is 12.0. The Hall–Kier alpha value is -2.34. The zero-order chi connectivity index (χ0) is 16.0. The molecule has 0 saturated heterocycles. The number of nitrogens with one attached hydrogen (secondary N) is 1. The normalized spacial score (nSPS) is 14.2. The topological polar surface area (TPSA) is 106 Å². The molecule has 0 aromatic carbocycles. The van der Waals surface area contributed by atoms with Crippen LogP contribution in [0.25, 0.3) is 0 Å². The molecular formula is C13H15N5O3S. The maximum Gasteiger partial charge on any atom is 0.369 e. The number of terminal acetylenes is 1. The van der Waals surface area contributed by atoms with E-state index in [2.05, 4.69) is 36.4 Å². The van der Waals surface area contributed by atoms with Crippen LogP contribution in [-0.4, -0.2) is 34.8 Å². The molecule has 116 valence electrons. The number of esters is 1. The van der Waals surface area contributed by atoms with Crippen LogP contribution in [0, 0.1) is 12.3 Å². The van der Waals surface area contributed by atoms with Crippen LogP contribution in [0.5, 0.6) is 0 Å². The summed E-state index contributed by atoms with van der Waals surface area (Å²) in [5, 5.41) is 18.9. The molecule has 9 heteroatoms. The fraction of sp³-hybridized carbons (Fsp3) is 0.538. The van der Waals surface area contributed by atoms with Crippen LogP contribution in [0.1, 0.15) is 40.5 Å². The molecule has 0 atom stereocenters. The van der Waals surface area contributed by atoms with Gasteiger partial charge in [-0.1, -0.05) is 11.3 Å². The molecule has 1 aromatic heterocycles. The van der Waals surface area contributed by atoms with E-state index in [1.165, 1.54) is 7.11 Å². The average Bonchev–Trinajstić information content (AvgIpc) is 3.15. The van der Waals surface area contributed by atoms with E-state index in [0.717, 1.165) is 11.3 Å². The molecule has 0 aliphatic carbocycles.